The average Bonchev–Trinajstić information content (AvgIpc) is 2.13. The summed E-state index contributed by atoms with van der Waals surface area (Å²) >= 11 is 0. The van der Waals surface area contributed by atoms with Crippen LogP contribution in [0.5, 0.6) is 0 Å². The molecule has 0 amide bonds. The molecule has 0 bridgehead atoms. The molecule has 0 saturated heterocycles. The van der Waals surface area contributed by atoms with Crippen LogP contribution in [0.3, 0.4) is 0 Å². The topological polar surface area (TPSA) is 44.8 Å². The smallest absolute Gasteiger partial charge is 0.434 e. The number of ether oxygens (including phenoxy) is 3. The highest BCUT2D eigenvalue weighted by Gasteiger charge is 2.01. The van der Waals surface area contributed by atoms with E-state index in [-0.39, 0.29) is 0 Å². The Balaban J connectivity index is 3.11. The van der Waals surface area contributed by atoms with Crippen molar-refractivity contribution in [1.29, 1.82) is 0 Å². The Hall–Kier alpha value is -0.770. The first-order valence-corrected chi connectivity index (χ1v) is 4.59. The molecule has 13 heavy (non-hydrogen) atoms. The van der Waals surface area contributed by atoms with Crippen molar-refractivity contribution in [3.8, 4) is 0 Å². The molecule has 0 heterocycles. The van der Waals surface area contributed by atoms with Gasteiger partial charge >= 0.3 is 6.16 Å². The number of methoxy groups -OCH3 is 1. The molecular formula is C9H18O4. The molecule has 0 aliphatic carbocycles. The zero-order valence-electron chi connectivity index (χ0n) is 8.38. The first-order valence-electron chi connectivity index (χ1n) is 4.59. The Morgan fingerprint density at radius 2 is 1.69 bits per heavy atom. The summed E-state index contributed by atoms with van der Waals surface area (Å²) in [6.45, 7) is 3.44. The molecule has 0 fully saturated rings. The van der Waals surface area contributed by atoms with E-state index >= 15 is 0 Å². The highest BCUT2D eigenvalue weighted by Crippen LogP contribution is 1.92. The van der Waals surface area contributed by atoms with Gasteiger partial charge in [0.1, 0.15) is 0 Å². The van der Waals surface area contributed by atoms with Crippen molar-refractivity contribution < 1.29 is 19.0 Å². The van der Waals surface area contributed by atoms with Crippen molar-refractivity contribution in [3.05, 3.63) is 0 Å². The van der Waals surface area contributed by atoms with E-state index in [2.05, 4.69) is 0 Å². The van der Waals surface area contributed by atoms with Gasteiger partial charge in [-0.05, 0) is 6.42 Å². The van der Waals surface area contributed by atoms with Crippen molar-refractivity contribution in [2.24, 2.45) is 0 Å². The first kappa shape index (κ1) is 12.2. The SMILES string of the molecule is CCCCOC(=O)OCCCOC. The van der Waals surface area contributed by atoms with Crippen molar-refractivity contribution in [1.82, 2.24) is 0 Å². The molecule has 0 aromatic rings. The quantitative estimate of drug-likeness (QED) is 0.455. The van der Waals surface area contributed by atoms with Crippen LogP contribution in [0.2, 0.25) is 0 Å². The second-order valence-corrected chi connectivity index (χ2v) is 2.65. The summed E-state index contributed by atoms with van der Waals surface area (Å²) < 4.78 is 14.3. The summed E-state index contributed by atoms with van der Waals surface area (Å²) in [5, 5.41) is 0. The monoisotopic (exact) mass is 190 g/mol. The molecule has 0 spiro atoms. The lowest BCUT2D eigenvalue weighted by Crippen LogP contribution is -2.10. The Bertz CT molecular complexity index is 125. The normalized spacial score (nSPS) is 9.69. The molecular weight excluding hydrogens is 172 g/mol. The van der Waals surface area contributed by atoms with Gasteiger partial charge in [-0.3, -0.25) is 0 Å². The van der Waals surface area contributed by atoms with Crippen LogP contribution in [0.4, 0.5) is 4.79 Å². The van der Waals surface area contributed by atoms with Gasteiger partial charge in [0.05, 0.1) is 13.2 Å². The van der Waals surface area contributed by atoms with Gasteiger partial charge in [-0.1, -0.05) is 13.3 Å². The average molecular weight is 190 g/mol. The maximum atomic E-state index is 10.8. The van der Waals surface area contributed by atoms with Crippen molar-refractivity contribution in [2.45, 2.75) is 26.2 Å². The Labute approximate surface area is 79.2 Å². The molecule has 78 valence electrons. The second kappa shape index (κ2) is 9.32. The maximum absolute atomic E-state index is 10.8. The third-order valence-electron chi connectivity index (χ3n) is 1.43. The maximum Gasteiger partial charge on any atom is 0.508 e. The molecule has 0 aromatic carbocycles. The molecule has 0 rings (SSSR count). The van der Waals surface area contributed by atoms with Crippen LogP contribution in [0.25, 0.3) is 0 Å². The predicted octanol–water partition coefficient (Wildman–Crippen LogP) is 1.98. The molecule has 4 nitrogen and oxygen atoms in total. The minimum atomic E-state index is -0.579. The van der Waals surface area contributed by atoms with E-state index in [1.807, 2.05) is 6.92 Å². The van der Waals surface area contributed by atoms with Crippen LogP contribution >= 0.6 is 0 Å². The number of carbonyl (C=O) groups is 1. The number of unbranched alkanes of at least 4 members (excludes halogenated alkanes) is 1. The highest BCUT2D eigenvalue weighted by molar-refractivity contribution is 5.59. The first-order chi connectivity index (χ1) is 6.31. The molecule has 0 aliphatic heterocycles. The van der Waals surface area contributed by atoms with E-state index in [4.69, 9.17) is 14.2 Å². The van der Waals surface area contributed by atoms with Crippen molar-refractivity contribution in [3.63, 3.8) is 0 Å². The molecule has 0 N–H and O–H groups in total. The zero-order valence-corrected chi connectivity index (χ0v) is 8.38. The summed E-state index contributed by atoms with van der Waals surface area (Å²) in [6.07, 6.45) is 2.02. The van der Waals surface area contributed by atoms with E-state index in [0.29, 0.717) is 26.2 Å². The third-order valence-corrected chi connectivity index (χ3v) is 1.43. The predicted molar refractivity (Wildman–Crippen MR) is 48.7 cm³/mol. The molecule has 0 unspecified atom stereocenters. The van der Waals surface area contributed by atoms with Crippen LogP contribution in [0.15, 0.2) is 0 Å². The van der Waals surface area contributed by atoms with Crippen molar-refractivity contribution in [2.75, 3.05) is 26.9 Å². The Morgan fingerprint density at radius 1 is 1.08 bits per heavy atom. The fraction of sp³-hybridized carbons (Fsp3) is 0.889. The van der Waals surface area contributed by atoms with E-state index in [1.54, 1.807) is 7.11 Å². The highest BCUT2D eigenvalue weighted by atomic mass is 16.7. The standard InChI is InChI=1S/C9H18O4/c1-3-4-7-12-9(10)13-8-5-6-11-2/h3-8H2,1-2H3. The van der Waals surface area contributed by atoms with Gasteiger partial charge < -0.3 is 14.2 Å². The second-order valence-electron chi connectivity index (χ2n) is 2.65. The van der Waals surface area contributed by atoms with Crippen LogP contribution < -0.4 is 0 Å². The summed E-state index contributed by atoms with van der Waals surface area (Å²) in [5.74, 6) is 0. The van der Waals surface area contributed by atoms with E-state index in [1.165, 1.54) is 0 Å². The number of hydrogen-bond acceptors (Lipinski definition) is 4. The molecule has 0 atom stereocenters. The van der Waals surface area contributed by atoms with Gasteiger partial charge in [0.2, 0.25) is 0 Å². The van der Waals surface area contributed by atoms with Crippen LogP contribution in [-0.4, -0.2) is 33.1 Å². The Kier molecular flexibility index (Phi) is 8.77. The third kappa shape index (κ3) is 9.14. The number of hydrogen-bond donors (Lipinski definition) is 0. The summed E-state index contributed by atoms with van der Waals surface area (Å²) in [6, 6.07) is 0. The van der Waals surface area contributed by atoms with E-state index in [0.717, 1.165) is 12.8 Å². The van der Waals surface area contributed by atoms with Gasteiger partial charge in [-0.2, -0.15) is 0 Å². The van der Waals surface area contributed by atoms with E-state index in [9.17, 15) is 4.79 Å². The lowest BCUT2D eigenvalue weighted by Gasteiger charge is -2.04. The molecule has 0 aromatic heterocycles. The van der Waals surface area contributed by atoms with E-state index < -0.39 is 6.16 Å². The van der Waals surface area contributed by atoms with Gasteiger partial charge in [-0.15, -0.1) is 0 Å². The fourth-order valence-electron chi connectivity index (χ4n) is 0.700. The number of rotatable bonds is 7. The largest absolute Gasteiger partial charge is 0.508 e. The lowest BCUT2D eigenvalue weighted by molar-refractivity contribution is 0.0482. The fourth-order valence-corrected chi connectivity index (χ4v) is 0.700. The molecule has 4 heteroatoms. The van der Waals surface area contributed by atoms with Crippen molar-refractivity contribution >= 4 is 6.16 Å². The summed E-state index contributed by atoms with van der Waals surface area (Å²) in [5.41, 5.74) is 0. The van der Waals surface area contributed by atoms with Crippen LogP contribution in [0.1, 0.15) is 26.2 Å². The summed E-state index contributed by atoms with van der Waals surface area (Å²) in [7, 11) is 1.61. The lowest BCUT2D eigenvalue weighted by atomic mass is 10.4. The van der Waals surface area contributed by atoms with Gasteiger partial charge in [-0.25, -0.2) is 4.79 Å². The Morgan fingerprint density at radius 3 is 2.23 bits per heavy atom. The zero-order chi connectivity index (χ0) is 9.94. The van der Waals surface area contributed by atoms with Crippen LogP contribution in [0, 0.1) is 0 Å². The molecule has 0 radical (unpaired) electrons. The molecule has 0 aliphatic rings. The number of carbonyl (C=O) groups excluding carboxylic acids is 1. The van der Waals surface area contributed by atoms with Gasteiger partial charge in [0.15, 0.2) is 0 Å². The van der Waals surface area contributed by atoms with Crippen LogP contribution in [-0.2, 0) is 14.2 Å². The summed E-state index contributed by atoms with van der Waals surface area (Å²) in [4.78, 5) is 10.8. The van der Waals surface area contributed by atoms with Gasteiger partial charge in [0, 0.05) is 20.1 Å². The van der Waals surface area contributed by atoms with Gasteiger partial charge in [0.25, 0.3) is 0 Å². The molecule has 0 saturated carbocycles. The minimum absolute atomic E-state index is 0.360. The minimum Gasteiger partial charge on any atom is -0.434 e.